The molecule has 0 radical (unpaired) electrons. The maximum atomic E-state index is 9.31. The minimum absolute atomic E-state index is 0.00907. The summed E-state index contributed by atoms with van der Waals surface area (Å²) in [7, 11) is 1.62. The van der Waals surface area contributed by atoms with Crippen molar-refractivity contribution >= 4 is 0 Å². The maximum Gasteiger partial charge on any atom is 0.0834 e. The lowest BCUT2D eigenvalue weighted by Gasteiger charge is -2.30. The van der Waals surface area contributed by atoms with Gasteiger partial charge < -0.3 is 20.3 Å². The van der Waals surface area contributed by atoms with Gasteiger partial charge in [0.25, 0.3) is 0 Å². The monoisotopic (exact) mass is 161 g/mol. The summed E-state index contributed by atoms with van der Waals surface area (Å²) in [5, 5.41) is 9.31. The molecule has 4 heteroatoms. The summed E-state index contributed by atoms with van der Waals surface area (Å²) in [6, 6.07) is -0.233. The Hall–Kier alpha value is -0.160. The molecule has 3 N–H and O–H groups in total. The highest BCUT2D eigenvalue weighted by Crippen LogP contribution is 2.12. The van der Waals surface area contributed by atoms with Crippen LogP contribution in [0.1, 0.15) is 6.42 Å². The van der Waals surface area contributed by atoms with Gasteiger partial charge in [0, 0.05) is 13.5 Å². The maximum absolute atomic E-state index is 9.31. The first-order valence-electron chi connectivity index (χ1n) is 3.78. The highest BCUT2D eigenvalue weighted by molar-refractivity contribution is 4.80. The van der Waals surface area contributed by atoms with Crippen LogP contribution in [0, 0.1) is 0 Å². The van der Waals surface area contributed by atoms with Crippen molar-refractivity contribution in [2.75, 3.05) is 20.3 Å². The number of hydrogen-bond donors (Lipinski definition) is 2. The topological polar surface area (TPSA) is 64.7 Å². The second-order valence-electron chi connectivity index (χ2n) is 2.88. The molecule has 4 nitrogen and oxygen atoms in total. The molecule has 0 saturated carbocycles. The second kappa shape index (κ2) is 4.01. The SMILES string of the molecule is COCC1C[C@@H](O)C(N)CO1. The highest BCUT2D eigenvalue weighted by atomic mass is 16.5. The van der Waals surface area contributed by atoms with Gasteiger partial charge in [-0.1, -0.05) is 0 Å². The van der Waals surface area contributed by atoms with Crippen molar-refractivity contribution in [3.05, 3.63) is 0 Å². The molecule has 1 heterocycles. The third kappa shape index (κ3) is 2.41. The first kappa shape index (κ1) is 8.93. The van der Waals surface area contributed by atoms with Crippen molar-refractivity contribution in [1.29, 1.82) is 0 Å². The summed E-state index contributed by atoms with van der Waals surface area (Å²) in [6.07, 6.45) is 0.147. The molecule has 0 aromatic rings. The average Bonchev–Trinajstić information content (AvgIpc) is 1.98. The fraction of sp³-hybridized carbons (Fsp3) is 1.00. The minimum atomic E-state index is -0.441. The van der Waals surface area contributed by atoms with Crippen LogP contribution in [0.5, 0.6) is 0 Å². The van der Waals surface area contributed by atoms with Gasteiger partial charge >= 0.3 is 0 Å². The van der Waals surface area contributed by atoms with Crippen molar-refractivity contribution in [3.8, 4) is 0 Å². The molecule has 66 valence electrons. The fourth-order valence-corrected chi connectivity index (χ4v) is 1.17. The molecule has 0 aromatic carbocycles. The molecule has 2 unspecified atom stereocenters. The number of aliphatic hydroxyl groups excluding tert-OH is 1. The normalized spacial score (nSPS) is 39.0. The Morgan fingerprint density at radius 2 is 2.45 bits per heavy atom. The van der Waals surface area contributed by atoms with Gasteiger partial charge in [0.05, 0.1) is 31.5 Å². The Morgan fingerprint density at radius 1 is 1.73 bits per heavy atom. The Kier molecular flexibility index (Phi) is 3.26. The number of hydrogen-bond acceptors (Lipinski definition) is 4. The van der Waals surface area contributed by atoms with Crippen LogP contribution in [0.25, 0.3) is 0 Å². The van der Waals surface area contributed by atoms with Gasteiger partial charge in [-0.25, -0.2) is 0 Å². The van der Waals surface area contributed by atoms with E-state index < -0.39 is 6.10 Å². The van der Waals surface area contributed by atoms with Crippen molar-refractivity contribution in [2.24, 2.45) is 5.73 Å². The average molecular weight is 161 g/mol. The van der Waals surface area contributed by atoms with E-state index in [9.17, 15) is 5.11 Å². The third-order valence-electron chi connectivity index (χ3n) is 1.88. The number of aliphatic hydroxyl groups is 1. The van der Waals surface area contributed by atoms with Crippen LogP contribution in [0.3, 0.4) is 0 Å². The quantitative estimate of drug-likeness (QED) is 0.551. The van der Waals surface area contributed by atoms with E-state index >= 15 is 0 Å². The summed E-state index contributed by atoms with van der Waals surface area (Å²) in [5.74, 6) is 0. The first-order chi connectivity index (χ1) is 5.24. The highest BCUT2D eigenvalue weighted by Gasteiger charge is 2.26. The molecular weight excluding hydrogens is 146 g/mol. The van der Waals surface area contributed by atoms with Gasteiger partial charge in [-0.15, -0.1) is 0 Å². The molecular formula is C7H15NO3. The van der Waals surface area contributed by atoms with E-state index in [-0.39, 0.29) is 12.1 Å². The van der Waals surface area contributed by atoms with Crippen LogP contribution in [0.2, 0.25) is 0 Å². The van der Waals surface area contributed by atoms with Crippen molar-refractivity contribution in [3.63, 3.8) is 0 Å². The lowest BCUT2D eigenvalue weighted by molar-refractivity contribution is -0.0817. The smallest absolute Gasteiger partial charge is 0.0834 e. The standard InChI is InChI=1S/C7H15NO3/c1-10-3-5-2-7(9)6(8)4-11-5/h5-7,9H,2-4,8H2,1H3/t5?,6?,7-/m1/s1. The van der Waals surface area contributed by atoms with Gasteiger partial charge in [-0.2, -0.15) is 0 Å². The molecule has 0 amide bonds. The van der Waals surface area contributed by atoms with Gasteiger partial charge in [-0.05, 0) is 0 Å². The molecule has 0 bridgehead atoms. The zero-order valence-corrected chi connectivity index (χ0v) is 6.69. The molecule has 0 aromatic heterocycles. The van der Waals surface area contributed by atoms with E-state index in [4.69, 9.17) is 15.2 Å². The van der Waals surface area contributed by atoms with Crippen molar-refractivity contribution in [1.82, 2.24) is 0 Å². The van der Waals surface area contributed by atoms with E-state index in [2.05, 4.69) is 0 Å². The Morgan fingerprint density at radius 3 is 3.00 bits per heavy atom. The van der Waals surface area contributed by atoms with Crippen LogP contribution in [-0.4, -0.2) is 43.7 Å². The molecule has 1 fully saturated rings. The van der Waals surface area contributed by atoms with Gasteiger partial charge in [-0.3, -0.25) is 0 Å². The lowest BCUT2D eigenvalue weighted by atomic mass is 10.0. The first-order valence-corrected chi connectivity index (χ1v) is 3.78. The van der Waals surface area contributed by atoms with Crippen molar-refractivity contribution in [2.45, 2.75) is 24.7 Å². The number of nitrogens with two attached hydrogens (primary N) is 1. The van der Waals surface area contributed by atoms with Gasteiger partial charge in [0.2, 0.25) is 0 Å². The summed E-state index contributed by atoms with van der Waals surface area (Å²) < 4.78 is 10.2. The molecule has 0 aliphatic carbocycles. The van der Waals surface area contributed by atoms with E-state index in [0.29, 0.717) is 19.6 Å². The van der Waals surface area contributed by atoms with Crippen LogP contribution < -0.4 is 5.73 Å². The van der Waals surface area contributed by atoms with E-state index in [1.807, 2.05) is 0 Å². The minimum Gasteiger partial charge on any atom is -0.391 e. The Labute approximate surface area is 66.3 Å². The van der Waals surface area contributed by atoms with E-state index in [1.54, 1.807) is 7.11 Å². The Balaban J connectivity index is 2.28. The van der Waals surface area contributed by atoms with Crippen LogP contribution >= 0.6 is 0 Å². The Bertz CT molecular complexity index is 120. The largest absolute Gasteiger partial charge is 0.391 e. The zero-order chi connectivity index (χ0) is 8.27. The number of ether oxygens (including phenoxy) is 2. The summed E-state index contributed by atoms with van der Waals surface area (Å²) in [4.78, 5) is 0. The predicted octanol–water partition coefficient (Wildman–Crippen LogP) is -0.890. The summed E-state index contributed by atoms with van der Waals surface area (Å²) in [5.41, 5.74) is 5.52. The molecule has 11 heavy (non-hydrogen) atoms. The lowest BCUT2D eigenvalue weighted by Crippen LogP contribution is -2.47. The number of rotatable bonds is 2. The summed E-state index contributed by atoms with van der Waals surface area (Å²) in [6.45, 7) is 0.957. The van der Waals surface area contributed by atoms with Crippen LogP contribution in [0.15, 0.2) is 0 Å². The molecule has 1 aliphatic heterocycles. The molecule has 1 rings (SSSR count). The van der Waals surface area contributed by atoms with Crippen molar-refractivity contribution < 1.29 is 14.6 Å². The van der Waals surface area contributed by atoms with E-state index in [1.165, 1.54) is 0 Å². The number of methoxy groups -OCH3 is 1. The predicted molar refractivity (Wildman–Crippen MR) is 40.2 cm³/mol. The van der Waals surface area contributed by atoms with Crippen LogP contribution in [0.4, 0.5) is 0 Å². The second-order valence-corrected chi connectivity index (χ2v) is 2.88. The molecule has 0 spiro atoms. The molecule has 1 aliphatic rings. The summed E-state index contributed by atoms with van der Waals surface area (Å²) >= 11 is 0. The fourth-order valence-electron chi connectivity index (χ4n) is 1.17. The zero-order valence-electron chi connectivity index (χ0n) is 6.69. The van der Waals surface area contributed by atoms with E-state index in [0.717, 1.165) is 0 Å². The third-order valence-corrected chi connectivity index (χ3v) is 1.88. The van der Waals surface area contributed by atoms with Gasteiger partial charge in [0.1, 0.15) is 0 Å². The molecule has 1 saturated heterocycles. The van der Waals surface area contributed by atoms with Crippen LogP contribution in [-0.2, 0) is 9.47 Å². The molecule has 3 atom stereocenters. The van der Waals surface area contributed by atoms with Gasteiger partial charge in [0.15, 0.2) is 0 Å².